The van der Waals surface area contributed by atoms with Crippen LogP contribution in [-0.4, -0.2) is 31.2 Å². The molecule has 21 heavy (non-hydrogen) atoms. The summed E-state index contributed by atoms with van der Waals surface area (Å²) in [6.07, 6.45) is 0.284. The highest BCUT2D eigenvalue weighted by Crippen LogP contribution is 2.16. The SMILES string of the molecule is O=C(c1ccccc1)[C@H](Cc1ccccc1)OC[C@@H]1CO1. The summed E-state index contributed by atoms with van der Waals surface area (Å²) in [5, 5.41) is 0. The molecule has 0 saturated carbocycles. The molecule has 2 aromatic rings. The summed E-state index contributed by atoms with van der Waals surface area (Å²) in [5.41, 5.74) is 1.79. The first-order valence-corrected chi connectivity index (χ1v) is 7.19. The molecule has 2 atom stereocenters. The van der Waals surface area contributed by atoms with Crippen LogP contribution in [-0.2, 0) is 15.9 Å². The molecule has 1 saturated heterocycles. The van der Waals surface area contributed by atoms with Gasteiger partial charge in [-0.2, -0.15) is 0 Å². The molecular weight excluding hydrogens is 264 g/mol. The van der Waals surface area contributed by atoms with Gasteiger partial charge in [-0.05, 0) is 5.56 Å². The molecule has 3 rings (SSSR count). The lowest BCUT2D eigenvalue weighted by Gasteiger charge is -2.16. The molecule has 0 aliphatic carbocycles. The van der Waals surface area contributed by atoms with E-state index < -0.39 is 6.10 Å². The highest BCUT2D eigenvalue weighted by molar-refractivity contribution is 5.99. The number of epoxide rings is 1. The quantitative estimate of drug-likeness (QED) is 0.579. The summed E-state index contributed by atoms with van der Waals surface area (Å²) in [4.78, 5) is 12.6. The summed E-state index contributed by atoms with van der Waals surface area (Å²) in [5.74, 6) is 0.0279. The minimum atomic E-state index is -0.459. The molecule has 0 amide bonds. The number of carbonyl (C=O) groups excluding carboxylic acids is 1. The zero-order chi connectivity index (χ0) is 14.5. The van der Waals surface area contributed by atoms with Gasteiger partial charge in [-0.25, -0.2) is 0 Å². The van der Waals surface area contributed by atoms with Crippen LogP contribution < -0.4 is 0 Å². The van der Waals surface area contributed by atoms with Crippen molar-refractivity contribution >= 4 is 5.78 Å². The van der Waals surface area contributed by atoms with Crippen molar-refractivity contribution in [2.24, 2.45) is 0 Å². The van der Waals surface area contributed by atoms with Crippen LogP contribution in [0.2, 0.25) is 0 Å². The predicted octanol–water partition coefficient (Wildman–Crippen LogP) is 2.90. The van der Waals surface area contributed by atoms with E-state index in [0.29, 0.717) is 18.6 Å². The summed E-state index contributed by atoms with van der Waals surface area (Å²) in [6.45, 7) is 1.22. The van der Waals surface area contributed by atoms with Crippen molar-refractivity contribution in [3.8, 4) is 0 Å². The van der Waals surface area contributed by atoms with Crippen molar-refractivity contribution in [2.75, 3.05) is 13.2 Å². The largest absolute Gasteiger partial charge is 0.371 e. The molecule has 1 aliphatic heterocycles. The smallest absolute Gasteiger partial charge is 0.191 e. The van der Waals surface area contributed by atoms with Gasteiger partial charge in [0.2, 0.25) is 0 Å². The summed E-state index contributed by atoms with van der Waals surface area (Å²) in [6, 6.07) is 19.3. The number of carbonyl (C=O) groups is 1. The van der Waals surface area contributed by atoms with E-state index in [4.69, 9.17) is 9.47 Å². The number of rotatable bonds is 7. The Morgan fingerprint density at radius 2 is 1.71 bits per heavy atom. The summed E-state index contributed by atoms with van der Waals surface area (Å²) < 4.78 is 11.0. The van der Waals surface area contributed by atoms with Crippen LogP contribution >= 0.6 is 0 Å². The number of hydrogen-bond acceptors (Lipinski definition) is 3. The first-order chi connectivity index (χ1) is 10.3. The number of ketones is 1. The molecule has 0 unspecified atom stereocenters. The Hall–Kier alpha value is -1.97. The average molecular weight is 282 g/mol. The van der Waals surface area contributed by atoms with Crippen LogP contribution in [0.3, 0.4) is 0 Å². The first-order valence-electron chi connectivity index (χ1n) is 7.19. The van der Waals surface area contributed by atoms with Crippen molar-refractivity contribution in [1.29, 1.82) is 0 Å². The lowest BCUT2D eigenvalue weighted by molar-refractivity contribution is 0.0356. The minimum absolute atomic E-state index is 0.0279. The number of benzene rings is 2. The predicted molar refractivity (Wildman–Crippen MR) is 80.4 cm³/mol. The molecule has 3 heteroatoms. The topological polar surface area (TPSA) is 38.8 Å². The lowest BCUT2D eigenvalue weighted by Crippen LogP contribution is -2.28. The summed E-state index contributed by atoms with van der Waals surface area (Å²) in [7, 11) is 0. The maximum absolute atomic E-state index is 12.6. The third-order valence-corrected chi connectivity index (χ3v) is 3.50. The Kier molecular flexibility index (Phi) is 4.43. The summed E-state index contributed by atoms with van der Waals surface area (Å²) >= 11 is 0. The van der Waals surface area contributed by atoms with Crippen molar-refractivity contribution in [1.82, 2.24) is 0 Å². The van der Waals surface area contributed by atoms with Crippen LogP contribution in [0.4, 0.5) is 0 Å². The Morgan fingerprint density at radius 1 is 1.10 bits per heavy atom. The Labute approximate surface area is 124 Å². The van der Waals surface area contributed by atoms with E-state index in [9.17, 15) is 4.79 Å². The second-order valence-corrected chi connectivity index (χ2v) is 5.20. The Bertz CT molecular complexity index is 576. The zero-order valence-corrected chi connectivity index (χ0v) is 11.8. The molecule has 0 N–H and O–H groups in total. The minimum Gasteiger partial charge on any atom is -0.371 e. The Balaban J connectivity index is 1.72. The molecule has 108 valence electrons. The van der Waals surface area contributed by atoms with Gasteiger partial charge in [0.05, 0.1) is 13.2 Å². The van der Waals surface area contributed by atoms with Gasteiger partial charge in [0.15, 0.2) is 5.78 Å². The fourth-order valence-corrected chi connectivity index (χ4v) is 2.23. The monoisotopic (exact) mass is 282 g/mol. The molecule has 3 nitrogen and oxygen atoms in total. The van der Waals surface area contributed by atoms with Crippen LogP contribution in [0.25, 0.3) is 0 Å². The molecule has 0 radical (unpaired) electrons. The van der Waals surface area contributed by atoms with Crippen molar-refractivity contribution in [3.05, 3.63) is 71.8 Å². The van der Waals surface area contributed by atoms with Crippen LogP contribution in [0.5, 0.6) is 0 Å². The zero-order valence-electron chi connectivity index (χ0n) is 11.8. The first kappa shape index (κ1) is 14.0. The number of ether oxygens (including phenoxy) is 2. The number of Topliss-reactive ketones (excluding diaryl/α,β-unsaturated/α-hetero) is 1. The maximum atomic E-state index is 12.6. The van der Waals surface area contributed by atoms with E-state index in [1.807, 2.05) is 60.7 Å². The van der Waals surface area contributed by atoms with Gasteiger partial charge in [0, 0.05) is 12.0 Å². The van der Waals surface area contributed by atoms with Gasteiger partial charge in [0.1, 0.15) is 12.2 Å². The molecule has 1 fully saturated rings. The fraction of sp³-hybridized carbons (Fsp3) is 0.278. The van der Waals surface area contributed by atoms with Crippen molar-refractivity contribution in [2.45, 2.75) is 18.6 Å². The van der Waals surface area contributed by atoms with Gasteiger partial charge in [0.25, 0.3) is 0 Å². The third-order valence-electron chi connectivity index (χ3n) is 3.50. The van der Waals surface area contributed by atoms with Gasteiger partial charge in [-0.1, -0.05) is 60.7 Å². The van der Waals surface area contributed by atoms with Gasteiger partial charge in [-0.3, -0.25) is 4.79 Å². The van der Waals surface area contributed by atoms with E-state index in [2.05, 4.69) is 0 Å². The molecule has 0 bridgehead atoms. The van der Waals surface area contributed by atoms with E-state index in [1.165, 1.54) is 0 Å². The van der Waals surface area contributed by atoms with Crippen LogP contribution in [0.15, 0.2) is 60.7 Å². The average Bonchev–Trinajstić information content (AvgIpc) is 3.37. The second kappa shape index (κ2) is 6.66. The van der Waals surface area contributed by atoms with E-state index >= 15 is 0 Å². The maximum Gasteiger partial charge on any atom is 0.191 e. The molecule has 0 aromatic heterocycles. The van der Waals surface area contributed by atoms with Gasteiger partial charge >= 0.3 is 0 Å². The van der Waals surface area contributed by atoms with Gasteiger partial charge < -0.3 is 9.47 Å². The normalized spacial score (nSPS) is 18.2. The van der Waals surface area contributed by atoms with Crippen molar-refractivity contribution in [3.63, 3.8) is 0 Å². The standard InChI is InChI=1S/C18H18O3/c19-18(15-9-5-2-6-10-15)17(21-13-16-12-20-16)11-14-7-3-1-4-8-14/h1-10,16-17H,11-13H2/t16-,17-/m0/s1. The lowest BCUT2D eigenvalue weighted by atomic mass is 10.00. The third kappa shape index (κ3) is 4.00. The molecule has 0 spiro atoms. The highest BCUT2D eigenvalue weighted by Gasteiger charge is 2.27. The Morgan fingerprint density at radius 3 is 2.33 bits per heavy atom. The molecular formula is C18H18O3. The molecule has 2 aromatic carbocycles. The van der Waals surface area contributed by atoms with E-state index in [0.717, 1.165) is 12.2 Å². The second-order valence-electron chi connectivity index (χ2n) is 5.20. The van der Waals surface area contributed by atoms with Crippen LogP contribution in [0, 0.1) is 0 Å². The molecule has 1 aliphatic rings. The highest BCUT2D eigenvalue weighted by atomic mass is 16.6. The fourth-order valence-electron chi connectivity index (χ4n) is 2.23. The van der Waals surface area contributed by atoms with E-state index in [1.54, 1.807) is 0 Å². The van der Waals surface area contributed by atoms with E-state index in [-0.39, 0.29) is 11.9 Å². The molecule has 1 heterocycles. The van der Waals surface area contributed by atoms with Gasteiger partial charge in [-0.15, -0.1) is 0 Å². The number of hydrogen-bond donors (Lipinski definition) is 0. The van der Waals surface area contributed by atoms with Crippen LogP contribution in [0.1, 0.15) is 15.9 Å². The van der Waals surface area contributed by atoms with Crippen molar-refractivity contribution < 1.29 is 14.3 Å².